The van der Waals surface area contributed by atoms with Gasteiger partial charge in [-0.2, -0.15) is 0 Å². The molecular formula is C31H27N3O. The van der Waals surface area contributed by atoms with Crippen LogP contribution in [0.4, 0.5) is 28.4 Å². The lowest BCUT2D eigenvalue weighted by atomic mass is 9.80. The summed E-state index contributed by atoms with van der Waals surface area (Å²) in [5, 5.41) is 19.0. The zero-order valence-electron chi connectivity index (χ0n) is 19.2. The van der Waals surface area contributed by atoms with Crippen molar-refractivity contribution in [1.29, 1.82) is 0 Å². The van der Waals surface area contributed by atoms with Gasteiger partial charge in [-0.1, -0.05) is 72.8 Å². The Kier molecular flexibility index (Phi) is 6.20. The molecule has 0 amide bonds. The van der Waals surface area contributed by atoms with E-state index in [1.807, 2.05) is 133 Å². The Bertz CT molecular complexity index is 1280. The number of benzene rings is 5. The van der Waals surface area contributed by atoms with Crippen molar-refractivity contribution in [2.75, 3.05) is 16.4 Å². The lowest BCUT2D eigenvalue weighted by Gasteiger charge is -2.30. The monoisotopic (exact) mass is 457 g/mol. The lowest BCUT2D eigenvalue weighted by molar-refractivity contribution is 0.126. The minimum absolute atomic E-state index is 0.654. The van der Waals surface area contributed by atoms with E-state index in [0.29, 0.717) is 5.69 Å². The zero-order chi connectivity index (χ0) is 24.1. The molecule has 0 heterocycles. The van der Waals surface area contributed by atoms with Crippen LogP contribution in [0.5, 0.6) is 0 Å². The minimum Gasteiger partial charge on any atom is -0.399 e. The largest absolute Gasteiger partial charge is 0.399 e. The van der Waals surface area contributed by atoms with Crippen LogP contribution in [-0.4, -0.2) is 5.11 Å². The van der Waals surface area contributed by atoms with Gasteiger partial charge in [0, 0.05) is 28.4 Å². The summed E-state index contributed by atoms with van der Waals surface area (Å²) in [6, 6.07) is 43.2. The number of hydrogen-bond donors (Lipinski definition) is 4. The maximum absolute atomic E-state index is 12.2. The first-order chi connectivity index (χ1) is 17.1. The Morgan fingerprint density at radius 1 is 0.429 bits per heavy atom. The lowest BCUT2D eigenvalue weighted by Crippen LogP contribution is -2.28. The third-order valence-corrected chi connectivity index (χ3v) is 6.06. The molecule has 0 atom stereocenters. The van der Waals surface area contributed by atoms with Crippen LogP contribution >= 0.6 is 0 Å². The number of rotatable bonds is 7. The maximum Gasteiger partial charge on any atom is 0.140 e. The van der Waals surface area contributed by atoms with E-state index in [9.17, 15) is 5.11 Å². The molecule has 0 unspecified atom stereocenters. The van der Waals surface area contributed by atoms with Crippen molar-refractivity contribution in [2.24, 2.45) is 0 Å². The van der Waals surface area contributed by atoms with Gasteiger partial charge >= 0.3 is 0 Å². The molecule has 172 valence electrons. The normalized spacial score (nSPS) is 11.1. The molecule has 0 aliphatic rings. The van der Waals surface area contributed by atoms with E-state index < -0.39 is 5.60 Å². The molecule has 5 aromatic rings. The van der Waals surface area contributed by atoms with Crippen molar-refractivity contribution in [2.45, 2.75) is 5.60 Å². The van der Waals surface area contributed by atoms with Gasteiger partial charge in [0.2, 0.25) is 0 Å². The van der Waals surface area contributed by atoms with Crippen molar-refractivity contribution in [3.05, 3.63) is 150 Å². The van der Waals surface area contributed by atoms with E-state index in [0.717, 1.165) is 39.4 Å². The predicted octanol–water partition coefficient (Wildman–Crippen LogP) is 7.04. The summed E-state index contributed by atoms with van der Waals surface area (Å²) < 4.78 is 0. The summed E-state index contributed by atoms with van der Waals surface area (Å²) in [4.78, 5) is 0. The average molecular weight is 458 g/mol. The minimum atomic E-state index is -1.34. The molecule has 0 radical (unpaired) electrons. The van der Waals surface area contributed by atoms with Gasteiger partial charge in [0.25, 0.3) is 0 Å². The molecule has 4 heteroatoms. The molecule has 0 aliphatic heterocycles. The Labute approximate surface area is 205 Å². The van der Waals surface area contributed by atoms with Gasteiger partial charge in [0.15, 0.2) is 0 Å². The number of nitrogens with two attached hydrogens (primary N) is 1. The second-order valence-electron chi connectivity index (χ2n) is 8.47. The molecule has 5 aromatic carbocycles. The highest BCUT2D eigenvalue weighted by molar-refractivity contribution is 5.63. The van der Waals surface area contributed by atoms with Crippen molar-refractivity contribution in [1.82, 2.24) is 0 Å². The van der Waals surface area contributed by atoms with Gasteiger partial charge in [0.05, 0.1) is 0 Å². The fourth-order valence-corrected chi connectivity index (χ4v) is 4.19. The highest BCUT2D eigenvalue weighted by Crippen LogP contribution is 2.38. The second-order valence-corrected chi connectivity index (χ2v) is 8.47. The molecule has 0 bridgehead atoms. The molecule has 0 aliphatic carbocycles. The molecule has 5 N–H and O–H groups in total. The first-order valence-electron chi connectivity index (χ1n) is 11.5. The van der Waals surface area contributed by atoms with Crippen molar-refractivity contribution in [3.8, 4) is 0 Å². The van der Waals surface area contributed by atoms with E-state index in [1.165, 1.54) is 0 Å². The summed E-state index contributed by atoms with van der Waals surface area (Å²) in [5.41, 5.74) is 11.4. The SMILES string of the molecule is Nc1ccc(C(O)(c2ccc(Nc3ccccc3)cc2)c2ccc(Nc3ccccc3)cc2)cc1. The molecule has 4 nitrogen and oxygen atoms in total. The van der Waals surface area contributed by atoms with Gasteiger partial charge in [-0.25, -0.2) is 0 Å². The fraction of sp³-hybridized carbons (Fsp3) is 0.0323. The third-order valence-electron chi connectivity index (χ3n) is 6.06. The van der Waals surface area contributed by atoms with Gasteiger partial charge in [-0.3, -0.25) is 0 Å². The first-order valence-corrected chi connectivity index (χ1v) is 11.5. The molecule has 5 rings (SSSR count). The van der Waals surface area contributed by atoms with E-state index >= 15 is 0 Å². The van der Waals surface area contributed by atoms with Gasteiger partial charge in [0.1, 0.15) is 5.60 Å². The zero-order valence-corrected chi connectivity index (χ0v) is 19.2. The number of nitrogens with one attached hydrogen (secondary N) is 2. The van der Waals surface area contributed by atoms with Crippen molar-refractivity contribution >= 4 is 28.4 Å². The Hall–Kier alpha value is -4.54. The van der Waals surface area contributed by atoms with Crippen LogP contribution in [0, 0.1) is 0 Å². The van der Waals surface area contributed by atoms with Gasteiger partial charge < -0.3 is 21.5 Å². The number of nitrogen functional groups attached to an aromatic ring is 1. The Morgan fingerprint density at radius 3 is 1.11 bits per heavy atom. The molecule has 0 fully saturated rings. The van der Waals surface area contributed by atoms with E-state index in [4.69, 9.17) is 5.73 Å². The number of anilines is 5. The van der Waals surface area contributed by atoms with Crippen LogP contribution in [0.15, 0.2) is 133 Å². The number of hydrogen-bond acceptors (Lipinski definition) is 4. The molecule has 0 aromatic heterocycles. The number of para-hydroxylation sites is 2. The van der Waals surface area contributed by atoms with Crippen LogP contribution in [0.3, 0.4) is 0 Å². The van der Waals surface area contributed by atoms with Crippen molar-refractivity contribution in [3.63, 3.8) is 0 Å². The molecule has 35 heavy (non-hydrogen) atoms. The van der Waals surface area contributed by atoms with Crippen molar-refractivity contribution < 1.29 is 5.11 Å². The molecule has 0 spiro atoms. The van der Waals surface area contributed by atoms with E-state index in [-0.39, 0.29) is 0 Å². The van der Waals surface area contributed by atoms with Gasteiger partial charge in [-0.05, 0) is 77.4 Å². The molecule has 0 saturated heterocycles. The molecular weight excluding hydrogens is 430 g/mol. The summed E-state index contributed by atoms with van der Waals surface area (Å²) in [7, 11) is 0. The maximum atomic E-state index is 12.2. The Morgan fingerprint density at radius 2 is 0.743 bits per heavy atom. The number of aliphatic hydroxyl groups is 1. The van der Waals surface area contributed by atoms with E-state index in [2.05, 4.69) is 10.6 Å². The van der Waals surface area contributed by atoms with Crippen LogP contribution < -0.4 is 16.4 Å². The highest BCUT2D eigenvalue weighted by atomic mass is 16.3. The third kappa shape index (κ3) is 4.88. The summed E-state index contributed by atoms with van der Waals surface area (Å²) >= 11 is 0. The topological polar surface area (TPSA) is 70.3 Å². The van der Waals surface area contributed by atoms with Gasteiger partial charge in [-0.15, -0.1) is 0 Å². The van der Waals surface area contributed by atoms with Crippen LogP contribution in [0.1, 0.15) is 16.7 Å². The average Bonchev–Trinajstić information content (AvgIpc) is 2.91. The summed E-state index contributed by atoms with van der Waals surface area (Å²) in [5.74, 6) is 0. The Balaban J connectivity index is 1.49. The van der Waals surface area contributed by atoms with E-state index in [1.54, 1.807) is 0 Å². The van der Waals surface area contributed by atoms with Crippen LogP contribution in [0.2, 0.25) is 0 Å². The smallest absolute Gasteiger partial charge is 0.140 e. The van der Waals surface area contributed by atoms with Crippen LogP contribution in [0.25, 0.3) is 0 Å². The molecule has 0 saturated carbocycles. The second kappa shape index (κ2) is 9.75. The standard InChI is InChI=1S/C31H27N3O/c32-26-17-11-23(12-18-26)31(35,24-13-19-29(20-14-24)33-27-7-3-1-4-8-27)25-15-21-30(22-16-25)34-28-9-5-2-6-10-28/h1-22,33-35H,32H2. The fourth-order valence-electron chi connectivity index (χ4n) is 4.19. The highest BCUT2D eigenvalue weighted by Gasteiger charge is 2.33. The quantitative estimate of drug-likeness (QED) is 0.156. The summed E-state index contributed by atoms with van der Waals surface area (Å²) in [6.45, 7) is 0. The predicted molar refractivity (Wildman–Crippen MR) is 145 cm³/mol. The first kappa shape index (κ1) is 22.3. The van der Waals surface area contributed by atoms with Crippen LogP contribution in [-0.2, 0) is 5.60 Å². The summed E-state index contributed by atoms with van der Waals surface area (Å²) in [6.07, 6.45) is 0.